The summed E-state index contributed by atoms with van der Waals surface area (Å²) in [7, 11) is -3.54. The van der Waals surface area contributed by atoms with E-state index >= 15 is 0 Å². The van der Waals surface area contributed by atoms with Crippen molar-refractivity contribution in [1.29, 1.82) is 0 Å². The van der Waals surface area contributed by atoms with Crippen LogP contribution in [0.15, 0.2) is 52.5 Å². The third-order valence-electron chi connectivity index (χ3n) is 5.75. The third kappa shape index (κ3) is 4.84. The summed E-state index contributed by atoms with van der Waals surface area (Å²) in [5.74, 6) is 0.680. The quantitative estimate of drug-likeness (QED) is 0.384. The lowest BCUT2D eigenvalue weighted by Gasteiger charge is -2.18. The number of rotatable bonds is 9. The van der Waals surface area contributed by atoms with E-state index in [0.29, 0.717) is 30.9 Å². The van der Waals surface area contributed by atoms with Crippen molar-refractivity contribution in [2.75, 3.05) is 19.7 Å². The highest BCUT2D eigenvalue weighted by Gasteiger charge is 2.24. The molecule has 3 aromatic rings. The predicted octanol–water partition coefficient (Wildman–Crippen LogP) is 5.19. The van der Waals surface area contributed by atoms with Gasteiger partial charge < -0.3 is 9.30 Å². The minimum Gasteiger partial charge on any atom is -0.376 e. The van der Waals surface area contributed by atoms with E-state index in [9.17, 15) is 8.42 Å². The van der Waals surface area contributed by atoms with Gasteiger partial charge in [-0.15, -0.1) is 0 Å². The number of aromatic nitrogens is 2. The van der Waals surface area contributed by atoms with Crippen LogP contribution in [0.1, 0.15) is 32.3 Å². The van der Waals surface area contributed by atoms with E-state index in [-0.39, 0.29) is 11.0 Å². The zero-order chi connectivity index (χ0) is 22.7. The van der Waals surface area contributed by atoms with Crippen LogP contribution >= 0.6 is 23.4 Å². The predicted molar refractivity (Wildman–Crippen MR) is 130 cm³/mol. The molecule has 6 nitrogen and oxygen atoms in total. The fraction of sp³-hybridized carbons (Fsp3) is 0.435. The van der Waals surface area contributed by atoms with Crippen LogP contribution in [0.25, 0.3) is 11.0 Å². The largest absolute Gasteiger partial charge is 0.376 e. The maximum absolute atomic E-state index is 13.0. The Labute approximate surface area is 199 Å². The Kier molecular flexibility index (Phi) is 7.47. The highest BCUT2D eigenvalue weighted by molar-refractivity contribution is 7.98. The van der Waals surface area contributed by atoms with Gasteiger partial charge in [0, 0.05) is 30.5 Å². The van der Waals surface area contributed by atoms with Crippen LogP contribution in [0.3, 0.4) is 0 Å². The standard InChI is InChI=1S/C23H28ClN3O3S2/c1-3-26(4-2)32(28,29)19-11-12-22-21(14-19)25-23(27(22)15-18-9-7-13-30-18)31-16-17-8-5-6-10-20(17)24/h5-6,8,10-12,14,18H,3-4,7,9,13,15-16H2,1-2H3/t18-/m1/s1. The fourth-order valence-electron chi connectivity index (χ4n) is 4.00. The molecule has 1 fully saturated rings. The first-order chi connectivity index (χ1) is 15.4. The van der Waals surface area contributed by atoms with Crippen molar-refractivity contribution < 1.29 is 13.2 Å². The minimum absolute atomic E-state index is 0.145. The fourth-order valence-corrected chi connectivity index (χ4v) is 6.79. The number of halogens is 1. The van der Waals surface area contributed by atoms with Crippen molar-refractivity contribution in [3.05, 3.63) is 53.1 Å². The summed E-state index contributed by atoms with van der Waals surface area (Å²) in [6, 6.07) is 13.0. The molecule has 32 heavy (non-hydrogen) atoms. The number of thioether (sulfide) groups is 1. The van der Waals surface area contributed by atoms with Crippen molar-refractivity contribution in [3.63, 3.8) is 0 Å². The Morgan fingerprint density at radius 3 is 2.69 bits per heavy atom. The second-order valence-electron chi connectivity index (χ2n) is 7.76. The average molecular weight is 494 g/mol. The number of ether oxygens (including phenoxy) is 1. The van der Waals surface area contributed by atoms with Gasteiger partial charge in [0.2, 0.25) is 10.0 Å². The first-order valence-corrected chi connectivity index (χ1v) is 13.7. The Morgan fingerprint density at radius 1 is 1.22 bits per heavy atom. The molecule has 172 valence electrons. The van der Waals surface area contributed by atoms with Crippen molar-refractivity contribution in [2.45, 2.75) is 55.1 Å². The van der Waals surface area contributed by atoms with E-state index < -0.39 is 10.0 Å². The van der Waals surface area contributed by atoms with Crippen LogP contribution < -0.4 is 0 Å². The zero-order valence-corrected chi connectivity index (χ0v) is 20.7. The highest BCUT2D eigenvalue weighted by Crippen LogP contribution is 2.32. The molecule has 0 spiro atoms. The van der Waals surface area contributed by atoms with Gasteiger partial charge in [-0.2, -0.15) is 4.31 Å². The molecule has 0 N–H and O–H groups in total. The number of sulfonamides is 1. The number of hydrogen-bond acceptors (Lipinski definition) is 5. The molecule has 1 atom stereocenters. The van der Waals surface area contributed by atoms with Crippen LogP contribution in [0, 0.1) is 0 Å². The molecule has 1 saturated heterocycles. The first-order valence-electron chi connectivity index (χ1n) is 10.9. The lowest BCUT2D eigenvalue weighted by Crippen LogP contribution is -2.30. The van der Waals surface area contributed by atoms with Crippen LogP contribution in [-0.4, -0.2) is 48.1 Å². The molecular weight excluding hydrogens is 466 g/mol. The van der Waals surface area contributed by atoms with E-state index in [4.69, 9.17) is 21.3 Å². The summed E-state index contributed by atoms with van der Waals surface area (Å²) in [5.41, 5.74) is 2.64. The molecule has 9 heteroatoms. The van der Waals surface area contributed by atoms with Gasteiger partial charge in [-0.3, -0.25) is 0 Å². The topological polar surface area (TPSA) is 64.4 Å². The Bertz CT molecular complexity index is 1190. The summed E-state index contributed by atoms with van der Waals surface area (Å²) in [4.78, 5) is 5.10. The van der Waals surface area contributed by atoms with E-state index in [1.54, 1.807) is 23.9 Å². The molecular formula is C23H28ClN3O3S2. The van der Waals surface area contributed by atoms with Gasteiger partial charge in [-0.1, -0.05) is 55.4 Å². The molecule has 0 bridgehead atoms. The number of imidazole rings is 1. The summed E-state index contributed by atoms with van der Waals surface area (Å²) in [5, 5.41) is 1.57. The second kappa shape index (κ2) is 10.1. The maximum Gasteiger partial charge on any atom is 0.243 e. The van der Waals surface area contributed by atoms with Gasteiger partial charge >= 0.3 is 0 Å². The Balaban J connectivity index is 1.71. The van der Waals surface area contributed by atoms with Gasteiger partial charge in [0.15, 0.2) is 5.16 Å². The smallest absolute Gasteiger partial charge is 0.243 e. The zero-order valence-electron chi connectivity index (χ0n) is 18.3. The molecule has 0 saturated carbocycles. The average Bonchev–Trinajstić information content (AvgIpc) is 3.42. The van der Waals surface area contributed by atoms with E-state index in [1.807, 2.05) is 44.2 Å². The minimum atomic E-state index is -3.54. The van der Waals surface area contributed by atoms with Crippen LogP contribution in [-0.2, 0) is 27.1 Å². The molecule has 0 aliphatic carbocycles. The molecule has 2 aromatic carbocycles. The third-order valence-corrected chi connectivity index (χ3v) is 9.19. The number of nitrogens with zero attached hydrogens (tertiary/aromatic N) is 3. The maximum atomic E-state index is 13.0. The molecule has 0 amide bonds. The van der Waals surface area contributed by atoms with Crippen LogP contribution in [0.4, 0.5) is 0 Å². The lowest BCUT2D eigenvalue weighted by atomic mass is 10.2. The number of hydrogen-bond donors (Lipinski definition) is 0. The van der Waals surface area contributed by atoms with Crippen molar-refractivity contribution in [3.8, 4) is 0 Å². The summed E-state index contributed by atoms with van der Waals surface area (Å²) in [6.45, 7) is 6.04. The van der Waals surface area contributed by atoms with Crippen molar-refractivity contribution in [1.82, 2.24) is 13.9 Å². The SMILES string of the molecule is CCN(CC)S(=O)(=O)c1ccc2c(c1)nc(SCc1ccccc1Cl)n2C[C@H]1CCCO1. The normalized spacial score (nSPS) is 16.9. The lowest BCUT2D eigenvalue weighted by molar-refractivity contribution is 0.0960. The van der Waals surface area contributed by atoms with Gasteiger partial charge in [0.05, 0.1) is 28.6 Å². The molecule has 2 heterocycles. The van der Waals surface area contributed by atoms with Gasteiger partial charge in [0.1, 0.15) is 0 Å². The molecule has 0 radical (unpaired) electrons. The summed E-state index contributed by atoms with van der Waals surface area (Å²) in [6.07, 6.45) is 2.22. The van der Waals surface area contributed by atoms with Gasteiger partial charge in [-0.05, 0) is 42.7 Å². The van der Waals surface area contributed by atoms with Crippen molar-refractivity contribution in [2.24, 2.45) is 0 Å². The van der Waals surface area contributed by atoms with Gasteiger partial charge in [-0.25, -0.2) is 13.4 Å². The number of fused-ring (bicyclic) bond motifs is 1. The molecule has 1 aliphatic rings. The second-order valence-corrected chi connectivity index (χ2v) is 11.0. The van der Waals surface area contributed by atoms with E-state index in [1.165, 1.54) is 4.31 Å². The highest BCUT2D eigenvalue weighted by atomic mass is 35.5. The molecule has 4 rings (SSSR count). The first kappa shape index (κ1) is 23.6. The molecule has 1 aliphatic heterocycles. The molecule has 0 unspecified atom stereocenters. The Hall–Kier alpha value is -1.58. The molecule has 1 aromatic heterocycles. The van der Waals surface area contributed by atoms with Crippen LogP contribution in [0.2, 0.25) is 5.02 Å². The van der Waals surface area contributed by atoms with E-state index in [0.717, 1.165) is 40.7 Å². The summed E-state index contributed by atoms with van der Waals surface area (Å²) < 4.78 is 35.5. The van der Waals surface area contributed by atoms with Gasteiger partial charge in [0.25, 0.3) is 0 Å². The summed E-state index contributed by atoms with van der Waals surface area (Å²) >= 11 is 7.95. The Morgan fingerprint density at radius 2 is 2.00 bits per heavy atom. The number of benzene rings is 2. The van der Waals surface area contributed by atoms with E-state index in [2.05, 4.69) is 4.57 Å². The monoisotopic (exact) mass is 493 g/mol. The van der Waals surface area contributed by atoms with Crippen molar-refractivity contribution >= 4 is 44.4 Å². The van der Waals surface area contributed by atoms with Crippen LogP contribution in [0.5, 0.6) is 0 Å².